The van der Waals surface area contributed by atoms with E-state index in [-0.39, 0.29) is 29.6 Å². The van der Waals surface area contributed by atoms with Gasteiger partial charge in [-0.15, -0.1) is 12.4 Å². The van der Waals surface area contributed by atoms with Gasteiger partial charge in [0.05, 0.1) is 0 Å². The Bertz CT molecular complexity index is 2210. The number of piperidine rings is 2. The monoisotopic (exact) mass is 948 g/mol. The number of pyridine rings is 2. The Kier molecular flexibility index (Phi) is 21.9. The molecule has 61 heavy (non-hydrogen) atoms. The normalized spacial score (nSPS) is 15.7. The summed E-state index contributed by atoms with van der Waals surface area (Å²) in [6.45, 7) is 9.23. The van der Waals surface area contributed by atoms with Crippen LogP contribution >= 0.6 is 71.6 Å². The third kappa shape index (κ3) is 16.9. The van der Waals surface area contributed by atoms with Crippen LogP contribution in [0.4, 0.5) is 5.82 Å². The third-order valence-electron chi connectivity index (χ3n) is 9.53. The van der Waals surface area contributed by atoms with Crippen molar-refractivity contribution in [1.29, 1.82) is 0 Å². The minimum atomic E-state index is 0. The number of halogens is 4. The van der Waals surface area contributed by atoms with Crippen molar-refractivity contribution in [1.82, 2.24) is 66.5 Å². The lowest BCUT2D eigenvalue weighted by atomic mass is 9.98. The van der Waals surface area contributed by atoms with Gasteiger partial charge in [-0.3, -0.25) is 0 Å². The van der Waals surface area contributed by atoms with Crippen LogP contribution in [0.1, 0.15) is 43.7 Å². The van der Waals surface area contributed by atoms with Gasteiger partial charge in [-0.1, -0.05) is 11.6 Å². The lowest BCUT2D eigenvalue weighted by Crippen LogP contribution is -2.43. The molecule has 8 N–H and O–H groups in total. The van der Waals surface area contributed by atoms with Crippen molar-refractivity contribution >= 4 is 110 Å². The molecule has 2 saturated heterocycles. The SMILES string of the molecule is CCO.Cl.Clc1ccnc(Cl)n1.S=C(NCc1ccnc2[nH]ccc12)NCC1CCCN(c2ccnc(Cl)n2)C1.S=C(NCc1ccnc2[nH]ccc12)NCC1CCCNC1. The van der Waals surface area contributed by atoms with Gasteiger partial charge in [0, 0.05) is 93.8 Å². The van der Waals surface area contributed by atoms with Crippen LogP contribution in [-0.2, 0) is 13.1 Å². The van der Waals surface area contributed by atoms with E-state index in [2.05, 4.69) is 71.4 Å². The first-order valence-electron chi connectivity index (χ1n) is 19.8. The van der Waals surface area contributed by atoms with Gasteiger partial charge in [0.15, 0.2) is 10.2 Å². The minimum Gasteiger partial charge on any atom is -0.397 e. The molecule has 0 radical (unpaired) electrons. The fourth-order valence-electron chi connectivity index (χ4n) is 6.65. The maximum Gasteiger partial charge on any atom is 0.224 e. The molecule has 0 spiro atoms. The zero-order valence-corrected chi connectivity index (χ0v) is 38.4. The Morgan fingerprint density at radius 3 is 1.80 bits per heavy atom. The van der Waals surface area contributed by atoms with E-state index in [4.69, 9.17) is 64.3 Å². The number of aliphatic hydroxyl groups excluding tert-OH is 1. The number of rotatable bonds is 9. The number of hydrogen-bond acceptors (Lipinski definition) is 11. The first-order chi connectivity index (χ1) is 29.2. The zero-order chi connectivity index (χ0) is 42.5. The van der Waals surface area contributed by atoms with E-state index in [0.717, 1.165) is 78.7 Å². The molecule has 0 amide bonds. The van der Waals surface area contributed by atoms with Crippen LogP contribution < -0.4 is 31.5 Å². The van der Waals surface area contributed by atoms with Gasteiger partial charge in [-0.05, 0) is 153 Å². The molecule has 2 unspecified atom stereocenters. The van der Waals surface area contributed by atoms with Crippen LogP contribution in [0.5, 0.6) is 0 Å². The lowest BCUT2D eigenvalue weighted by molar-refractivity contribution is 0.318. The molecule has 2 atom stereocenters. The van der Waals surface area contributed by atoms with Gasteiger partial charge in [-0.2, -0.15) is 0 Å². The molecule has 0 aliphatic carbocycles. The molecule has 0 saturated carbocycles. The van der Waals surface area contributed by atoms with E-state index in [9.17, 15) is 0 Å². The molecule has 8 heterocycles. The molecular formula is C40H52Cl4N14OS2. The Labute approximate surface area is 387 Å². The van der Waals surface area contributed by atoms with E-state index >= 15 is 0 Å². The summed E-state index contributed by atoms with van der Waals surface area (Å²) in [5.41, 5.74) is 4.18. The Hall–Kier alpha value is -4.20. The van der Waals surface area contributed by atoms with E-state index in [1.807, 2.05) is 55.1 Å². The van der Waals surface area contributed by atoms with Crippen LogP contribution in [0.2, 0.25) is 15.7 Å². The predicted molar refractivity (Wildman–Crippen MR) is 257 cm³/mol. The summed E-state index contributed by atoms with van der Waals surface area (Å²) in [5, 5.41) is 28.7. The van der Waals surface area contributed by atoms with Crippen molar-refractivity contribution in [3.8, 4) is 0 Å². The second-order valence-corrected chi connectivity index (χ2v) is 15.7. The smallest absolute Gasteiger partial charge is 0.224 e. The van der Waals surface area contributed by atoms with Crippen molar-refractivity contribution in [2.75, 3.05) is 50.8 Å². The molecule has 2 aliphatic rings. The summed E-state index contributed by atoms with van der Waals surface area (Å²) < 4.78 is 0. The van der Waals surface area contributed by atoms with Crippen LogP contribution in [0.25, 0.3) is 22.1 Å². The van der Waals surface area contributed by atoms with E-state index < -0.39 is 0 Å². The van der Waals surface area contributed by atoms with Crippen molar-refractivity contribution in [2.45, 2.75) is 45.7 Å². The van der Waals surface area contributed by atoms with Crippen molar-refractivity contribution in [3.05, 3.63) is 100 Å². The molecular weight excluding hydrogens is 898 g/mol. The van der Waals surface area contributed by atoms with Gasteiger partial charge >= 0.3 is 0 Å². The predicted octanol–water partition coefficient (Wildman–Crippen LogP) is 6.62. The molecule has 328 valence electrons. The molecule has 0 bridgehead atoms. The molecule has 6 aromatic heterocycles. The van der Waals surface area contributed by atoms with Crippen molar-refractivity contribution in [3.63, 3.8) is 0 Å². The highest BCUT2D eigenvalue weighted by atomic mass is 35.5. The van der Waals surface area contributed by atoms with Gasteiger partial charge in [0.1, 0.15) is 22.3 Å². The quantitative estimate of drug-likeness (QED) is 0.0438. The zero-order valence-electron chi connectivity index (χ0n) is 33.7. The van der Waals surface area contributed by atoms with Gasteiger partial charge < -0.3 is 46.6 Å². The molecule has 15 nitrogen and oxygen atoms in total. The second kappa shape index (κ2) is 27.0. The van der Waals surface area contributed by atoms with Gasteiger partial charge in [-0.25, -0.2) is 29.9 Å². The number of hydrogen-bond donors (Lipinski definition) is 8. The Morgan fingerprint density at radius 1 is 0.738 bits per heavy atom. The number of aromatic nitrogens is 8. The maximum absolute atomic E-state index is 7.57. The highest BCUT2D eigenvalue weighted by Crippen LogP contribution is 2.22. The molecule has 0 aromatic carbocycles. The van der Waals surface area contributed by atoms with Gasteiger partial charge in [0.2, 0.25) is 10.6 Å². The molecule has 6 aromatic rings. The van der Waals surface area contributed by atoms with E-state index in [1.54, 1.807) is 19.2 Å². The van der Waals surface area contributed by atoms with E-state index in [1.165, 1.54) is 36.6 Å². The summed E-state index contributed by atoms with van der Waals surface area (Å²) in [5.74, 6) is 2.06. The summed E-state index contributed by atoms with van der Waals surface area (Å²) in [4.78, 5) is 32.6. The summed E-state index contributed by atoms with van der Waals surface area (Å²) in [6.07, 6.45) is 15.5. The number of aromatic amines is 2. The number of nitrogens with one attached hydrogen (secondary N) is 7. The standard InChI is InChI=1S/C19H22ClN7S.C15H21N5S.C4H2Cl2N2.C2H6O.ClH/c20-18-23-8-5-16(26-18)27-9-1-2-13(12-27)10-24-19(28)25-11-14-3-6-21-17-15(14)4-7-22-17;21-15(19-9-11-2-1-5-16-8-11)20-10-12-3-6-17-14-13(12)4-7-18-14;5-3-1-2-7-4(6)8-3;1-2-3;/h3-8,13H,1-2,9-12H2,(H,21,22)(H2,24,25,28);3-4,6-7,11,16H,1-2,5,8-10H2,(H,17,18)(H2,19,20,21);1-2H;3H,2H2,1H3;1H. The van der Waals surface area contributed by atoms with E-state index in [0.29, 0.717) is 35.2 Å². The lowest BCUT2D eigenvalue weighted by Gasteiger charge is -2.33. The number of H-pyrrole nitrogens is 2. The average molecular weight is 951 g/mol. The molecule has 2 fully saturated rings. The van der Waals surface area contributed by atoms with Crippen LogP contribution in [0.3, 0.4) is 0 Å². The number of thiocarbonyl (C=S) groups is 2. The number of fused-ring (bicyclic) bond motifs is 2. The first-order valence-corrected chi connectivity index (χ1v) is 21.7. The van der Waals surface area contributed by atoms with Crippen LogP contribution in [0, 0.1) is 11.8 Å². The average Bonchev–Trinajstić information content (AvgIpc) is 3.96. The van der Waals surface area contributed by atoms with Crippen molar-refractivity contribution in [2.24, 2.45) is 11.8 Å². The summed E-state index contributed by atoms with van der Waals surface area (Å²) >= 11 is 27.5. The van der Waals surface area contributed by atoms with Gasteiger partial charge in [0.25, 0.3) is 0 Å². The topological polar surface area (TPSA) is 193 Å². The highest BCUT2D eigenvalue weighted by Gasteiger charge is 2.21. The first kappa shape index (κ1) is 49.5. The second-order valence-electron chi connectivity index (χ2n) is 13.9. The summed E-state index contributed by atoms with van der Waals surface area (Å²) in [6, 6.07) is 11.6. The molecule has 2 aliphatic heterocycles. The minimum absolute atomic E-state index is 0. The Morgan fingerprint density at radius 2 is 1.28 bits per heavy atom. The molecule has 21 heteroatoms. The van der Waals surface area contributed by atoms with Crippen LogP contribution in [0.15, 0.2) is 73.6 Å². The number of nitrogens with zero attached hydrogens (tertiary/aromatic N) is 7. The number of aliphatic hydroxyl groups is 1. The fraction of sp³-hybridized carbons (Fsp3) is 0.400. The largest absolute Gasteiger partial charge is 0.397 e. The third-order valence-corrected chi connectivity index (χ3v) is 10.7. The maximum atomic E-state index is 7.57. The fourth-order valence-corrected chi connectivity index (χ4v) is 7.43. The van der Waals surface area contributed by atoms with Crippen LogP contribution in [-0.4, -0.2) is 101 Å². The molecule has 8 rings (SSSR count). The van der Waals surface area contributed by atoms with Crippen molar-refractivity contribution < 1.29 is 5.11 Å². The summed E-state index contributed by atoms with van der Waals surface area (Å²) in [7, 11) is 0. The number of anilines is 1. The Balaban J connectivity index is 0.000000218. The highest BCUT2D eigenvalue weighted by molar-refractivity contribution is 7.80.